The molecule has 1 fully saturated rings. The maximum absolute atomic E-state index is 13.4. The number of non-ortho nitro benzene ring substituents is 2. The number of nitro groups is 2. The second kappa shape index (κ2) is 6.93. The van der Waals surface area contributed by atoms with Gasteiger partial charge in [0.1, 0.15) is 0 Å². The number of hydrogen-bond donors (Lipinski definition) is 0. The monoisotopic (exact) mass is 396 g/mol. The predicted molar refractivity (Wildman–Crippen MR) is 106 cm³/mol. The highest BCUT2D eigenvalue weighted by atomic mass is 16.6. The number of rotatable bonds is 3. The van der Waals surface area contributed by atoms with Gasteiger partial charge >= 0.3 is 0 Å². The van der Waals surface area contributed by atoms with Crippen molar-refractivity contribution in [3.63, 3.8) is 0 Å². The number of likely N-dealkylation sites (N-methyl/N-ethyl adjacent to an activating group) is 1. The highest BCUT2D eigenvalue weighted by Crippen LogP contribution is 2.45. The molecule has 2 aromatic rings. The van der Waals surface area contributed by atoms with E-state index in [1.165, 1.54) is 0 Å². The van der Waals surface area contributed by atoms with E-state index in [0.717, 1.165) is 54.5 Å². The fraction of sp³-hybridized carbons (Fsp3) is 0.350. The summed E-state index contributed by atoms with van der Waals surface area (Å²) in [6, 6.07) is 8.93. The molecule has 0 radical (unpaired) electrons. The van der Waals surface area contributed by atoms with Crippen molar-refractivity contribution in [2.24, 2.45) is 0 Å². The number of amides is 1. The molecule has 0 bridgehead atoms. The Balaban J connectivity index is 1.81. The first-order chi connectivity index (χ1) is 13.8. The number of nitro benzene ring substituents is 2. The molecule has 0 saturated carbocycles. The topological polar surface area (TPSA) is 110 Å². The van der Waals surface area contributed by atoms with Crippen molar-refractivity contribution < 1.29 is 14.6 Å². The lowest BCUT2D eigenvalue weighted by molar-refractivity contribution is -0.394. The Bertz CT molecular complexity index is 1010. The molecule has 0 aromatic heterocycles. The minimum atomic E-state index is -0.719. The molecule has 150 valence electrons. The minimum Gasteiger partial charge on any atom is -0.306 e. The number of piperidine rings is 1. The van der Waals surface area contributed by atoms with Gasteiger partial charge in [0, 0.05) is 36.3 Å². The van der Waals surface area contributed by atoms with Gasteiger partial charge in [-0.3, -0.25) is 25.0 Å². The number of anilines is 1. The maximum Gasteiger partial charge on any atom is 0.277 e. The zero-order valence-corrected chi connectivity index (χ0v) is 16.1. The van der Waals surface area contributed by atoms with Crippen molar-refractivity contribution in [3.05, 3.63) is 73.3 Å². The van der Waals surface area contributed by atoms with E-state index in [1.54, 1.807) is 4.90 Å². The third-order valence-electron chi connectivity index (χ3n) is 5.74. The first kappa shape index (κ1) is 19.0. The van der Waals surface area contributed by atoms with Gasteiger partial charge in [-0.25, -0.2) is 0 Å². The summed E-state index contributed by atoms with van der Waals surface area (Å²) in [5.41, 5.74) is 1.97. The summed E-state index contributed by atoms with van der Waals surface area (Å²) in [6.07, 6.45) is 0.762. The molecule has 4 rings (SSSR count). The number of hydrogen-bond acceptors (Lipinski definition) is 6. The Morgan fingerprint density at radius 2 is 1.72 bits per heavy atom. The van der Waals surface area contributed by atoms with Crippen LogP contribution < -0.4 is 4.90 Å². The van der Waals surface area contributed by atoms with Crippen LogP contribution in [0.15, 0.2) is 36.4 Å². The zero-order chi connectivity index (χ0) is 20.9. The molecule has 0 spiro atoms. The third-order valence-corrected chi connectivity index (χ3v) is 5.74. The van der Waals surface area contributed by atoms with E-state index < -0.39 is 27.1 Å². The van der Waals surface area contributed by atoms with Crippen LogP contribution in [0, 0.1) is 27.2 Å². The van der Waals surface area contributed by atoms with Crippen LogP contribution in [0.1, 0.15) is 33.8 Å². The maximum atomic E-state index is 13.4. The van der Waals surface area contributed by atoms with Gasteiger partial charge in [0.2, 0.25) is 0 Å². The summed E-state index contributed by atoms with van der Waals surface area (Å²) in [4.78, 5) is 38.4. The lowest BCUT2D eigenvalue weighted by atomic mass is 9.88. The zero-order valence-electron chi connectivity index (χ0n) is 16.1. The highest BCUT2D eigenvalue weighted by Gasteiger charge is 2.44. The van der Waals surface area contributed by atoms with Crippen LogP contribution in [-0.2, 0) is 0 Å². The van der Waals surface area contributed by atoms with Crippen LogP contribution in [-0.4, -0.2) is 46.8 Å². The molecule has 9 heteroatoms. The van der Waals surface area contributed by atoms with Gasteiger partial charge in [0.25, 0.3) is 17.3 Å². The Labute approximate surface area is 166 Å². The van der Waals surface area contributed by atoms with Gasteiger partial charge in [-0.2, -0.15) is 0 Å². The molecule has 29 heavy (non-hydrogen) atoms. The van der Waals surface area contributed by atoms with E-state index in [-0.39, 0.29) is 17.5 Å². The van der Waals surface area contributed by atoms with Crippen molar-refractivity contribution in [3.8, 4) is 0 Å². The van der Waals surface area contributed by atoms with Crippen LogP contribution in [0.4, 0.5) is 17.1 Å². The molecule has 0 unspecified atom stereocenters. The summed E-state index contributed by atoms with van der Waals surface area (Å²) in [5, 5.41) is 22.4. The molecule has 0 aliphatic carbocycles. The predicted octanol–water partition coefficient (Wildman–Crippen LogP) is 3.26. The van der Waals surface area contributed by atoms with E-state index in [0.29, 0.717) is 0 Å². The van der Waals surface area contributed by atoms with E-state index >= 15 is 0 Å². The van der Waals surface area contributed by atoms with Crippen LogP contribution >= 0.6 is 0 Å². The van der Waals surface area contributed by atoms with E-state index in [4.69, 9.17) is 0 Å². The SMILES string of the molecule is Cc1ccc2c(c1)[C@H]1CN(C)CC[C@@H]1N2C(=O)c1cc([N+](=O)[O-])cc([N+](=O)[O-])c1. The number of fused-ring (bicyclic) bond motifs is 3. The summed E-state index contributed by atoms with van der Waals surface area (Å²) < 4.78 is 0. The molecule has 1 saturated heterocycles. The summed E-state index contributed by atoms with van der Waals surface area (Å²) in [6.45, 7) is 3.63. The molecule has 2 aliphatic rings. The molecule has 0 N–H and O–H groups in total. The quantitative estimate of drug-likeness (QED) is 0.582. The highest BCUT2D eigenvalue weighted by molar-refractivity contribution is 6.08. The number of benzene rings is 2. The van der Waals surface area contributed by atoms with Gasteiger partial charge in [0.15, 0.2) is 0 Å². The standard InChI is InChI=1S/C20H20N4O5/c1-12-3-4-18-16(7-12)17-11-21(2)6-5-19(17)22(18)20(25)13-8-14(23(26)27)10-15(9-13)24(28)29/h3-4,7-10,17,19H,5-6,11H2,1-2H3/t17-,19+/m1/s1. The number of carbonyl (C=O) groups is 1. The van der Waals surface area contributed by atoms with Crippen LogP contribution in [0.25, 0.3) is 0 Å². The lowest BCUT2D eigenvalue weighted by Crippen LogP contribution is -2.47. The fourth-order valence-electron chi connectivity index (χ4n) is 4.41. The average Bonchev–Trinajstić information content (AvgIpc) is 2.99. The third kappa shape index (κ3) is 3.23. The molecule has 2 atom stereocenters. The second-order valence-electron chi connectivity index (χ2n) is 7.71. The smallest absolute Gasteiger partial charge is 0.277 e. The molecule has 2 aliphatic heterocycles. The minimum absolute atomic E-state index is 0.0444. The molecule has 9 nitrogen and oxygen atoms in total. The largest absolute Gasteiger partial charge is 0.306 e. The normalized spacial score (nSPS) is 20.8. The van der Waals surface area contributed by atoms with Gasteiger partial charge in [0.05, 0.1) is 21.5 Å². The van der Waals surface area contributed by atoms with Crippen molar-refractivity contribution in [1.29, 1.82) is 0 Å². The van der Waals surface area contributed by atoms with E-state index in [9.17, 15) is 25.0 Å². The number of carbonyl (C=O) groups excluding carboxylic acids is 1. The molecule has 2 heterocycles. The van der Waals surface area contributed by atoms with Gasteiger partial charge in [-0.05, 0) is 38.6 Å². The van der Waals surface area contributed by atoms with E-state index in [1.807, 2.05) is 26.1 Å². The lowest BCUT2D eigenvalue weighted by Gasteiger charge is -2.36. The van der Waals surface area contributed by atoms with Crippen LogP contribution in [0.5, 0.6) is 0 Å². The van der Waals surface area contributed by atoms with Crippen LogP contribution in [0.3, 0.4) is 0 Å². The molecule has 1 amide bonds. The first-order valence-electron chi connectivity index (χ1n) is 9.33. The first-order valence-corrected chi connectivity index (χ1v) is 9.33. The number of nitrogens with zero attached hydrogens (tertiary/aromatic N) is 4. The summed E-state index contributed by atoms with van der Waals surface area (Å²) in [7, 11) is 2.04. The van der Waals surface area contributed by atoms with Crippen molar-refractivity contribution in [2.45, 2.75) is 25.3 Å². The average molecular weight is 396 g/mol. The molecular formula is C20H20N4O5. The summed E-state index contributed by atoms with van der Waals surface area (Å²) >= 11 is 0. The van der Waals surface area contributed by atoms with Crippen molar-refractivity contribution >= 4 is 23.0 Å². The molecular weight excluding hydrogens is 376 g/mol. The van der Waals surface area contributed by atoms with Gasteiger partial charge < -0.3 is 9.80 Å². The van der Waals surface area contributed by atoms with Crippen molar-refractivity contribution in [2.75, 3.05) is 25.0 Å². The Morgan fingerprint density at radius 1 is 1.07 bits per heavy atom. The second-order valence-corrected chi connectivity index (χ2v) is 7.71. The Hall–Kier alpha value is -3.33. The van der Waals surface area contributed by atoms with Gasteiger partial charge in [-0.15, -0.1) is 0 Å². The van der Waals surface area contributed by atoms with Crippen LogP contribution in [0.2, 0.25) is 0 Å². The Kier molecular flexibility index (Phi) is 4.54. The Morgan fingerprint density at radius 3 is 2.34 bits per heavy atom. The fourth-order valence-corrected chi connectivity index (χ4v) is 4.41. The number of aryl methyl sites for hydroxylation is 1. The van der Waals surface area contributed by atoms with Gasteiger partial charge in [-0.1, -0.05) is 17.7 Å². The van der Waals surface area contributed by atoms with E-state index in [2.05, 4.69) is 11.0 Å². The summed E-state index contributed by atoms with van der Waals surface area (Å²) in [5.74, 6) is -0.305. The van der Waals surface area contributed by atoms with Crippen molar-refractivity contribution in [1.82, 2.24) is 4.90 Å². The molecule has 2 aromatic carbocycles. The number of likely N-dealkylation sites (tertiary alicyclic amines) is 1.